The second-order valence-corrected chi connectivity index (χ2v) is 7.24. The maximum Gasteiger partial charge on any atom is 0.417 e. The maximum absolute atomic E-state index is 13.4. The number of carbonyl (C=O) groups excluding carboxylic acids is 2. The lowest BCUT2D eigenvalue weighted by atomic mass is 10.2. The summed E-state index contributed by atoms with van der Waals surface area (Å²) in [6.07, 6.45) is -5.61. The topological polar surface area (TPSA) is 98.8 Å². The molecule has 0 aliphatic carbocycles. The van der Waals surface area contributed by atoms with E-state index in [1.807, 2.05) is 0 Å². The number of hydrogen-bond donors (Lipinski definition) is 2. The molecule has 1 aromatic heterocycles. The average molecular weight is 492 g/mol. The van der Waals surface area contributed by atoms with Gasteiger partial charge in [0.15, 0.2) is 18.9 Å². The molecule has 1 aromatic carbocycles. The molecule has 0 radical (unpaired) electrons. The van der Waals surface area contributed by atoms with Crippen LogP contribution >= 0.6 is 11.6 Å². The van der Waals surface area contributed by atoms with E-state index in [1.54, 1.807) is 0 Å². The number of pyridine rings is 1. The number of carbonyl (C=O) groups is 2. The van der Waals surface area contributed by atoms with Crippen molar-refractivity contribution in [2.24, 2.45) is 0 Å². The average Bonchev–Trinajstić information content (AvgIpc) is 2.78. The van der Waals surface area contributed by atoms with E-state index in [4.69, 9.17) is 25.8 Å². The first-order chi connectivity index (χ1) is 15.6. The van der Waals surface area contributed by atoms with Crippen LogP contribution in [0.3, 0.4) is 0 Å². The molecule has 0 spiro atoms. The van der Waals surface area contributed by atoms with Crippen molar-refractivity contribution in [1.82, 2.24) is 15.6 Å². The van der Waals surface area contributed by atoms with Gasteiger partial charge in [-0.3, -0.25) is 14.6 Å². The van der Waals surface area contributed by atoms with Crippen molar-refractivity contribution in [1.29, 1.82) is 0 Å². The van der Waals surface area contributed by atoms with Gasteiger partial charge >= 0.3 is 6.18 Å². The van der Waals surface area contributed by atoms with Crippen molar-refractivity contribution in [3.8, 4) is 5.75 Å². The Labute approximate surface area is 190 Å². The summed E-state index contributed by atoms with van der Waals surface area (Å²) in [6, 6.07) is 5.77. The van der Waals surface area contributed by atoms with Gasteiger partial charge in [0.25, 0.3) is 11.8 Å². The smallest absolute Gasteiger partial charge is 0.417 e. The SMILES string of the molecule is O=C(COc1ccc(Cl)c(F)c1)N[C@@H]1CO[C@H](C(=O)NCc2ccc(C(F)(F)F)cn2)CO1. The molecule has 2 aromatic rings. The number of halogens is 5. The number of nitrogens with zero attached hydrogens (tertiary/aromatic N) is 1. The van der Waals surface area contributed by atoms with Crippen LogP contribution in [0.5, 0.6) is 5.75 Å². The van der Waals surface area contributed by atoms with Gasteiger partial charge in [-0.2, -0.15) is 13.2 Å². The van der Waals surface area contributed by atoms with Gasteiger partial charge in [0.2, 0.25) is 0 Å². The van der Waals surface area contributed by atoms with Gasteiger partial charge in [0.1, 0.15) is 11.6 Å². The lowest BCUT2D eigenvalue weighted by Gasteiger charge is -2.29. The summed E-state index contributed by atoms with van der Waals surface area (Å²) in [5.74, 6) is -1.67. The molecule has 0 saturated carbocycles. The zero-order valence-corrected chi connectivity index (χ0v) is 17.6. The third-order valence-corrected chi connectivity index (χ3v) is 4.68. The summed E-state index contributed by atoms with van der Waals surface area (Å²) in [5.41, 5.74) is -0.654. The second-order valence-electron chi connectivity index (χ2n) is 6.83. The third-order valence-electron chi connectivity index (χ3n) is 4.37. The highest BCUT2D eigenvalue weighted by Gasteiger charge is 2.31. The van der Waals surface area contributed by atoms with Crippen LogP contribution in [-0.4, -0.2) is 49.0 Å². The number of nitrogens with one attached hydrogen (secondary N) is 2. The van der Waals surface area contributed by atoms with Crippen LogP contribution in [0.4, 0.5) is 17.6 Å². The highest BCUT2D eigenvalue weighted by Crippen LogP contribution is 2.28. The van der Waals surface area contributed by atoms with E-state index < -0.39 is 48.3 Å². The fourth-order valence-electron chi connectivity index (χ4n) is 2.66. The Balaban J connectivity index is 1.36. The Hall–Kier alpha value is -2.96. The van der Waals surface area contributed by atoms with Crippen molar-refractivity contribution in [3.05, 3.63) is 58.6 Å². The molecule has 2 heterocycles. The monoisotopic (exact) mass is 491 g/mol. The number of rotatable bonds is 7. The molecular weight excluding hydrogens is 474 g/mol. The summed E-state index contributed by atoms with van der Waals surface area (Å²) in [5, 5.41) is 4.90. The highest BCUT2D eigenvalue weighted by atomic mass is 35.5. The largest absolute Gasteiger partial charge is 0.484 e. The van der Waals surface area contributed by atoms with Gasteiger partial charge < -0.3 is 24.8 Å². The lowest BCUT2D eigenvalue weighted by molar-refractivity contribution is -0.168. The Bertz CT molecular complexity index is 983. The molecule has 2 N–H and O–H groups in total. The van der Waals surface area contributed by atoms with Gasteiger partial charge in [-0.05, 0) is 24.3 Å². The summed E-state index contributed by atoms with van der Waals surface area (Å²) in [7, 11) is 0. The lowest BCUT2D eigenvalue weighted by Crippen LogP contribution is -2.51. The quantitative estimate of drug-likeness (QED) is 0.577. The van der Waals surface area contributed by atoms with E-state index in [9.17, 15) is 27.2 Å². The van der Waals surface area contributed by atoms with Crippen LogP contribution in [0.2, 0.25) is 5.02 Å². The summed E-state index contributed by atoms with van der Waals surface area (Å²) >= 11 is 5.57. The molecule has 13 heteroatoms. The van der Waals surface area contributed by atoms with Crippen molar-refractivity contribution < 1.29 is 41.4 Å². The van der Waals surface area contributed by atoms with Crippen LogP contribution < -0.4 is 15.4 Å². The normalized spacial score (nSPS) is 18.5. The summed E-state index contributed by atoms with van der Waals surface area (Å²) < 4.78 is 66.9. The zero-order valence-electron chi connectivity index (χ0n) is 16.8. The van der Waals surface area contributed by atoms with E-state index in [-0.39, 0.29) is 36.2 Å². The van der Waals surface area contributed by atoms with Gasteiger partial charge in [0.05, 0.1) is 36.0 Å². The third kappa shape index (κ3) is 7.27. The molecule has 2 atom stereocenters. The minimum Gasteiger partial charge on any atom is -0.484 e. The van der Waals surface area contributed by atoms with Crippen molar-refractivity contribution in [2.75, 3.05) is 19.8 Å². The molecular formula is C20H18ClF4N3O5. The fraction of sp³-hybridized carbons (Fsp3) is 0.350. The summed E-state index contributed by atoms with van der Waals surface area (Å²) in [6.45, 7) is -0.803. The Morgan fingerprint density at radius 3 is 2.58 bits per heavy atom. The minimum absolute atomic E-state index is 0.0752. The van der Waals surface area contributed by atoms with Gasteiger partial charge in [-0.15, -0.1) is 0 Å². The summed E-state index contributed by atoms with van der Waals surface area (Å²) in [4.78, 5) is 27.8. The fourth-order valence-corrected chi connectivity index (χ4v) is 2.78. The highest BCUT2D eigenvalue weighted by molar-refractivity contribution is 6.30. The van der Waals surface area contributed by atoms with E-state index in [0.717, 1.165) is 18.2 Å². The second kappa shape index (κ2) is 10.8. The first kappa shape index (κ1) is 24.7. The maximum atomic E-state index is 13.4. The Kier molecular flexibility index (Phi) is 8.06. The van der Waals surface area contributed by atoms with Crippen molar-refractivity contribution >= 4 is 23.4 Å². The van der Waals surface area contributed by atoms with Crippen LogP contribution in [-0.2, 0) is 31.8 Å². The predicted molar refractivity (Wildman–Crippen MR) is 106 cm³/mol. The molecule has 1 fully saturated rings. The number of hydrogen-bond acceptors (Lipinski definition) is 6. The zero-order chi connectivity index (χ0) is 24.0. The molecule has 178 valence electrons. The molecule has 1 aliphatic heterocycles. The molecule has 0 unspecified atom stereocenters. The molecule has 0 bridgehead atoms. The first-order valence-corrected chi connectivity index (χ1v) is 9.90. The van der Waals surface area contributed by atoms with Crippen LogP contribution in [0.1, 0.15) is 11.3 Å². The van der Waals surface area contributed by atoms with E-state index in [1.165, 1.54) is 12.1 Å². The molecule has 1 aliphatic rings. The number of aromatic nitrogens is 1. The minimum atomic E-state index is -4.49. The van der Waals surface area contributed by atoms with Crippen molar-refractivity contribution in [3.63, 3.8) is 0 Å². The molecule has 8 nitrogen and oxygen atoms in total. The van der Waals surface area contributed by atoms with Gasteiger partial charge in [0, 0.05) is 12.3 Å². The Morgan fingerprint density at radius 1 is 1.18 bits per heavy atom. The van der Waals surface area contributed by atoms with E-state index in [0.29, 0.717) is 6.20 Å². The van der Waals surface area contributed by atoms with Crippen molar-refractivity contribution in [2.45, 2.75) is 25.1 Å². The number of amides is 2. The number of alkyl halides is 3. The molecule has 1 saturated heterocycles. The van der Waals surface area contributed by atoms with Crippen LogP contribution in [0, 0.1) is 5.82 Å². The van der Waals surface area contributed by atoms with Gasteiger partial charge in [-0.1, -0.05) is 11.6 Å². The standard InChI is InChI=1S/C20H18ClF4N3O5/c21-14-4-3-13(5-15(14)22)31-9-17(29)28-18-10-32-16(8-33-18)19(30)27-7-12-2-1-11(6-26-12)20(23,24)25/h1-6,16,18H,7-10H2,(H,27,30)(H,28,29)/t16-,18-/m0/s1. The van der Waals surface area contributed by atoms with E-state index >= 15 is 0 Å². The number of ether oxygens (including phenoxy) is 3. The Morgan fingerprint density at radius 2 is 1.97 bits per heavy atom. The van der Waals surface area contributed by atoms with Crippen LogP contribution in [0.15, 0.2) is 36.5 Å². The number of benzene rings is 1. The van der Waals surface area contributed by atoms with Crippen LogP contribution in [0.25, 0.3) is 0 Å². The van der Waals surface area contributed by atoms with E-state index in [2.05, 4.69) is 15.6 Å². The molecule has 2 amide bonds. The first-order valence-electron chi connectivity index (χ1n) is 9.52. The predicted octanol–water partition coefficient (Wildman–Crippen LogP) is 2.45. The van der Waals surface area contributed by atoms with Gasteiger partial charge in [-0.25, -0.2) is 4.39 Å². The molecule has 3 rings (SSSR count). The molecule has 33 heavy (non-hydrogen) atoms.